The molecule has 0 amide bonds. The van der Waals surface area contributed by atoms with Crippen molar-refractivity contribution in [3.8, 4) is 5.75 Å². The van der Waals surface area contributed by atoms with E-state index in [0.29, 0.717) is 5.02 Å². The molecule has 66 valence electrons. The van der Waals surface area contributed by atoms with E-state index in [-0.39, 0.29) is 5.75 Å². The van der Waals surface area contributed by atoms with Gasteiger partial charge in [0.1, 0.15) is 5.75 Å². The monoisotopic (exact) mass is 536 g/mol. The summed E-state index contributed by atoms with van der Waals surface area (Å²) in [5.74, 6) is 0.249. The molecule has 1 aromatic carbocycles. The predicted octanol–water partition coefficient (Wildman–Crippen LogP) is 4.78. The van der Waals surface area contributed by atoms with Crippen LogP contribution in [0.4, 0.5) is 0 Å². The smallest absolute Gasteiger partial charge is 0.144 e. The van der Waals surface area contributed by atoms with E-state index < -0.39 is 0 Å². The summed E-state index contributed by atoms with van der Waals surface area (Å²) in [5, 5.41) is 10.1. The minimum atomic E-state index is 0.249. The Morgan fingerprint density at radius 1 is 1.08 bits per heavy atom. The molecule has 0 saturated carbocycles. The lowest BCUT2D eigenvalue weighted by Crippen LogP contribution is -1.86. The second kappa shape index (κ2) is 4.50. The number of phenols is 1. The Hall–Kier alpha value is 1.73. The molecule has 0 radical (unpaired) electrons. The molecule has 0 aromatic heterocycles. The zero-order valence-electron chi connectivity index (χ0n) is 5.34. The fourth-order valence-corrected chi connectivity index (χ4v) is 3.73. The number of rotatable bonds is 0. The first kappa shape index (κ1) is 11.8. The Kier molecular flexibility index (Phi) is 4.43. The van der Waals surface area contributed by atoms with E-state index in [2.05, 4.69) is 31.9 Å². The second-order valence-corrected chi connectivity index (χ2v) is 6.04. The molecule has 0 spiro atoms. The fourth-order valence-electron chi connectivity index (χ4n) is 0.593. The highest BCUT2D eigenvalue weighted by Crippen LogP contribution is 2.43. The van der Waals surface area contributed by atoms with E-state index in [0.717, 1.165) is 16.1 Å². The van der Waals surface area contributed by atoms with Gasteiger partial charge in [-0.3, -0.25) is 0 Å². The standard InChI is InChI=1S/C6HBr2ClI2O/c7-1-3(9)2(8)5(11)6(12)4(1)10/h12H. The van der Waals surface area contributed by atoms with Crippen molar-refractivity contribution in [2.45, 2.75) is 0 Å². The van der Waals surface area contributed by atoms with Crippen molar-refractivity contribution in [1.29, 1.82) is 0 Å². The molecule has 12 heavy (non-hydrogen) atoms. The van der Waals surface area contributed by atoms with Crippen molar-refractivity contribution < 1.29 is 5.11 Å². The van der Waals surface area contributed by atoms with Crippen LogP contribution in [0.15, 0.2) is 8.95 Å². The maximum atomic E-state index is 9.56. The summed E-state index contributed by atoms with van der Waals surface area (Å²) in [6, 6.07) is 0. The molecule has 0 saturated heterocycles. The molecular weight excluding hydrogens is 537 g/mol. The van der Waals surface area contributed by atoms with Crippen LogP contribution in [-0.2, 0) is 0 Å². The first-order valence-electron chi connectivity index (χ1n) is 2.67. The number of hydrogen-bond acceptors (Lipinski definition) is 1. The lowest BCUT2D eigenvalue weighted by atomic mass is 10.3. The Bertz CT molecular complexity index is 238. The molecule has 0 aliphatic rings. The van der Waals surface area contributed by atoms with Crippen molar-refractivity contribution >= 4 is 88.6 Å². The molecule has 0 bridgehead atoms. The summed E-state index contributed by atoms with van der Waals surface area (Å²) < 4.78 is 2.89. The molecule has 0 aliphatic heterocycles. The van der Waals surface area contributed by atoms with Crippen LogP contribution in [0.1, 0.15) is 0 Å². The molecule has 1 rings (SSSR count). The average Bonchev–Trinajstić information content (AvgIpc) is 2.08. The minimum Gasteiger partial charge on any atom is -0.506 e. The number of hydrogen-bond donors (Lipinski definition) is 1. The lowest BCUT2D eigenvalue weighted by molar-refractivity contribution is 0.466. The van der Waals surface area contributed by atoms with E-state index in [4.69, 9.17) is 11.6 Å². The zero-order valence-corrected chi connectivity index (χ0v) is 13.6. The van der Waals surface area contributed by atoms with Gasteiger partial charge in [-0.25, -0.2) is 0 Å². The van der Waals surface area contributed by atoms with Gasteiger partial charge in [0, 0.05) is 0 Å². The van der Waals surface area contributed by atoms with Gasteiger partial charge in [-0.15, -0.1) is 0 Å². The third-order valence-electron chi connectivity index (χ3n) is 1.19. The van der Waals surface area contributed by atoms with Gasteiger partial charge in [-0.05, 0) is 77.0 Å². The molecule has 1 N–H and O–H groups in total. The van der Waals surface area contributed by atoms with E-state index in [1.807, 2.05) is 45.2 Å². The van der Waals surface area contributed by atoms with Crippen LogP contribution in [0.25, 0.3) is 0 Å². The van der Waals surface area contributed by atoms with Gasteiger partial charge in [-0.2, -0.15) is 0 Å². The van der Waals surface area contributed by atoms with Gasteiger partial charge < -0.3 is 5.11 Å². The Balaban J connectivity index is 3.60. The maximum Gasteiger partial charge on any atom is 0.144 e. The molecule has 0 fully saturated rings. The van der Waals surface area contributed by atoms with Crippen LogP contribution >= 0.6 is 88.6 Å². The van der Waals surface area contributed by atoms with Gasteiger partial charge >= 0.3 is 0 Å². The largest absolute Gasteiger partial charge is 0.506 e. The van der Waals surface area contributed by atoms with Gasteiger partial charge in [0.05, 0.1) is 21.1 Å². The zero-order chi connectivity index (χ0) is 9.46. The van der Waals surface area contributed by atoms with Gasteiger partial charge in [-0.1, -0.05) is 11.6 Å². The third-order valence-corrected chi connectivity index (χ3v) is 7.19. The van der Waals surface area contributed by atoms with Gasteiger partial charge in [0.2, 0.25) is 0 Å². The Morgan fingerprint density at radius 2 is 1.42 bits per heavy atom. The van der Waals surface area contributed by atoms with Gasteiger partial charge in [0.15, 0.2) is 0 Å². The molecule has 0 unspecified atom stereocenters. The maximum absolute atomic E-state index is 9.56. The highest BCUT2D eigenvalue weighted by atomic mass is 127. The molecule has 0 atom stereocenters. The van der Waals surface area contributed by atoms with E-state index in [1.165, 1.54) is 0 Å². The highest BCUT2D eigenvalue weighted by molar-refractivity contribution is 14.1. The molecule has 0 heterocycles. The highest BCUT2D eigenvalue weighted by Gasteiger charge is 2.16. The van der Waals surface area contributed by atoms with Crippen molar-refractivity contribution in [3.05, 3.63) is 21.1 Å². The lowest BCUT2D eigenvalue weighted by Gasteiger charge is -2.07. The Morgan fingerprint density at radius 3 is 1.75 bits per heavy atom. The van der Waals surface area contributed by atoms with E-state index >= 15 is 0 Å². The summed E-state index contributed by atoms with van der Waals surface area (Å²) in [4.78, 5) is 0. The summed E-state index contributed by atoms with van der Waals surface area (Å²) in [6.45, 7) is 0. The summed E-state index contributed by atoms with van der Waals surface area (Å²) in [5.41, 5.74) is 0. The molecule has 0 aliphatic carbocycles. The summed E-state index contributed by atoms with van der Waals surface area (Å²) in [7, 11) is 0. The number of phenolic OH excluding ortho intramolecular Hbond substituents is 1. The SMILES string of the molecule is Oc1c(I)c(Br)c(Cl)c(Br)c1I. The van der Waals surface area contributed by atoms with Crippen molar-refractivity contribution in [3.63, 3.8) is 0 Å². The van der Waals surface area contributed by atoms with Crippen molar-refractivity contribution in [2.75, 3.05) is 0 Å². The molecule has 6 heteroatoms. The first-order valence-corrected chi connectivity index (χ1v) is 6.79. The number of aromatic hydroxyl groups is 1. The van der Waals surface area contributed by atoms with Crippen LogP contribution < -0.4 is 0 Å². The number of halogens is 5. The molecular formula is C6HBr2ClI2O. The average molecular weight is 538 g/mol. The van der Waals surface area contributed by atoms with Gasteiger partial charge in [0.25, 0.3) is 0 Å². The minimum absolute atomic E-state index is 0.249. The first-order chi connectivity index (χ1) is 5.46. The van der Waals surface area contributed by atoms with Crippen molar-refractivity contribution in [2.24, 2.45) is 0 Å². The quantitative estimate of drug-likeness (QED) is 0.287. The normalized spacial score (nSPS) is 10.4. The second-order valence-electron chi connectivity index (χ2n) is 1.92. The van der Waals surface area contributed by atoms with E-state index in [1.54, 1.807) is 0 Å². The van der Waals surface area contributed by atoms with Crippen LogP contribution in [0.3, 0.4) is 0 Å². The Labute approximate surface area is 119 Å². The van der Waals surface area contributed by atoms with Crippen LogP contribution in [0, 0.1) is 7.14 Å². The number of benzene rings is 1. The topological polar surface area (TPSA) is 20.2 Å². The molecule has 1 nitrogen and oxygen atoms in total. The molecule has 1 aromatic rings. The summed E-state index contributed by atoms with van der Waals surface area (Å²) in [6.07, 6.45) is 0. The van der Waals surface area contributed by atoms with E-state index in [9.17, 15) is 5.11 Å². The third kappa shape index (κ3) is 2.04. The van der Waals surface area contributed by atoms with Crippen LogP contribution in [-0.4, -0.2) is 5.11 Å². The van der Waals surface area contributed by atoms with Crippen LogP contribution in [0.5, 0.6) is 5.75 Å². The fraction of sp³-hybridized carbons (Fsp3) is 0. The van der Waals surface area contributed by atoms with Crippen molar-refractivity contribution in [1.82, 2.24) is 0 Å². The summed E-state index contributed by atoms with van der Waals surface area (Å²) >= 11 is 16.6. The van der Waals surface area contributed by atoms with Crippen LogP contribution in [0.2, 0.25) is 5.02 Å². The predicted molar refractivity (Wildman–Crippen MR) is 74.0 cm³/mol.